The summed E-state index contributed by atoms with van der Waals surface area (Å²) >= 11 is 0. The lowest BCUT2D eigenvalue weighted by Crippen LogP contribution is -2.49. The standard InChI is InChI=1S/C10H22N2/c1-4-12-9-6-5-7-10(2,8-9)11-3/h9,11-12H,4-8H2,1-3H3/t9-,10-/m0/s1. The molecule has 2 N–H and O–H groups in total. The monoisotopic (exact) mass is 170 g/mol. The highest BCUT2D eigenvalue weighted by molar-refractivity contribution is 4.91. The zero-order chi connectivity index (χ0) is 9.03. The molecular weight excluding hydrogens is 148 g/mol. The second-order valence-corrected chi connectivity index (χ2v) is 4.16. The molecule has 0 aromatic carbocycles. The van der Waals surface area contributed by atoms with Crippen molar-refractivity contribution in [3.8, 4) is 0 Å². The Morgan fingerprint density at radius 2 is 2.25 bits per heavy atom. The van der Waals surface area contributed by atoms with Gasteiger partial charge in [0.15, 0.2) is 0 Å². The van der Waals surface area contributed by atoms with Crippen molar-refractivity contribution >= 4 is 0 Å². The lowest BCUT2D eigenvalue weighted by Gasteiger charge is -2.38. The Labute approximate surface area is 76.1 Å². The summed E-state index contributed by atoms with van der Waals surface area (Å²) in [6.45, 7) is 5.62. The first-order chi connectivity index (χ1) is 5.70. The van der Waals surface area contributed by atoms with E-state index in [1.807, 2.05) is 0 Å². The Hall–Kier alpha value is -0.0800. The zero-order valence-electron chi connectivity index (χ0n) is 8.61. The third-order valence-electron chi connectivity index (χ3n) is 3.07. The summed E-state index contributed by atoms with van der Waals surface area (Å²) in [6.07, 6.45) is 5.31. The molecule has 1 aliphatic carbocycles. The average Bonchev–Trinajstić information content (AvgIpc) is 2.05. The van der Waals surface area contributed by atoms with Crippen LogP contribution in [0.5, 0.6) is 0 Å². The summed E-state index contributed by atoms with van der Waals surface area (Å²) in [4.78, 5) is 0. The molecule has 0 aliphatic heterocycles. The quantitative estimate of drug-likeness (QED) is 0.671. The first-order valence-corrected chi connectivity index (χ1v) is 5.12. The molecule has 0 aromatic rings. The minimum atomic E-state index is 0.380. The van der Waals surface area contributed by atoms with Crippen LogP contribution in [0.1, 0.15) is 39.5 Å². The van der Waals surface area contributed by atoms with E-state index < -0.39 is 0 Å². The fourth-order valence-corrected chi connectivity index (χ4v) is 2.18. The van der Waals surface area contributed by atoms with Gasteiger partial charge < -0.3 is 10.6 Å². The summed E-state index contributed by atoms with van der Waals surface area (Å²) < 4.78 is 0. The Balaban J connectivity index is 2.39. The van der Waals surface area contributed by atoms with Gasteiger partial charge in [0.25, 0.3) is 0 Å². The van der Waals surface area contributed by atoms with Gasteiger partial charge in [0, 0.05) is 11.6 Å². The van der Waals surface area contributed by atoms with E-state index in [2.05, 4.69) is 31.5 Å². The largest absolute Gasteiger partial charge is 0.314 e. The van der Waals surface area contributed by atoms with Crippen molar-refractivity contribution in [3.05, 3.63) is 0 Å². The molecule has 0 radical (unpaired) electrons. The fourth-order valence-electron chi connectivity index (χ4n) is 2.18. The minimum Gasteiger partial charge on any atom is -0.314 e. The molecule has 0 unspecified atom stereocenters. The summed E-state index contributed by atoms with van der Waals surface area (Å²) in [6, 6.07) is 0.737. The molecule has 1 saturated carbocycles. The highest BCUT2D eigenvalue weighted by Gasteiger charge is 2.29. The van der Waals surface area contributed by atoms with Gasteiger partial charge in [-0.15, -0.1) is 0 Å². The van der Waals surface area contributed by atoms with Crippen LogP contribution in [0.3, 0.4) is 0 Å². The van der Waals surface area contributed by atoms with Crippen LogP contribution in [0.25, 0.3) is 0 Å². The predicted molar refractivity (Wildman–Crippen MR) is 53.4 cm³/mol. The molecule has 1 rings (SSSR count). The number of rotatable bonds is 3. The molecular formula is C10H22N2. The van der Waals surface area contributed by atoms with Crippen molar-refractivity contribution < 1.29 is 0 Å². The fraction of sp³-hybridized carbons (Fsp3) is 1.00. The summed E-state index contributed by atoms with van der Waals surface area (Å²) in [5, 5.41) is 6.96. The van der Waals surface area contributed by atoms with Crippen LogP contribution in [0.4, 0.5) is 0 Å². The minimum absolute atomic E-state index is 0.380. The van der Waals surface area contributed by atoms with Crippen LogP contribution < -0.4 is 10.6 Å². The van der Waals surface area contributed by atoms with Crippen LogP contribution in [-0.4, -0.2) is 25.2 Å². The molecule has 0 saturated heterocycles. The maximum absolute atomic E-state index is 3.53. The van der Waals surface area contributed by atoms with E-state index in [4.69, 9.17) is 0 Å². The molecule has 12 heavy (non-hydrogen) atoms. The van der Waals surface area contributed by atoms with Crippen molar-refractivity contribution in [1.82, 2.24) is 10.6 Å². The lowest BCUT2D eigenvalue weighted by atomic mass is 9.80. The molecule has 2 heteroatoms. The van der Waals surface area contributed by atoms with Gasteiger partial charge in [-0.3, -0.25) is 0 Å². The lowest BCUT2D eigenvalue weighted by molar-refractivity contribution is 0.226. The van der Waals surface area contributed by atoms with Gasteiger partial charge in [-0.1, -0.05) is 13.3 Å². The molecule has 72 valence electrons. The molecule has 1 fully saturated rings. The van der Waals surface area contributed by atoms with E-state index in [1.54, 1.807) is 0 Å². The van der Waals surface area contributed by atoms with Crippen molar-refractivity contribution in [3.63, 3.8) is 0 Å². The van der Waals surface area contributed by atoms with Crippen LogP contribution >= 0.6 is 0 Å². The van der Waals surface area contributed by atoms with Gasteiger partial charge in [0.2, 0.25) is 0 Å². The van der Waals surface area contributed by atoms with Gasteiger partial charge >= 0.3 is 0 Å². The van der Waals surface area contributed by atoms with Gasteiger partial charge in [-0.25, -0.2) is 0 Å². The van der Waals surface area contributed by atoms with Crippen molar-refractivity contribution in [2.75, 3.05) is 13.6 Å². The van der Waals surface area contributed by atoms with Crippen LogP contribution in [0.2, 0.25) is 0 Å². The molecule has 0 bridgehead atoms. The molecule has 0 aromatic heterocycles. The predicted octanol–water partition coefficient (Wildman–Crippen LogP) is 1.52. The van der Waals surface area contributed by atoms with Gasteiger partial charge in [0.05, 0.1) is 0 Å². The zero-order valence-corrected chi connectivity index (χ0v) is 8.61. The third-order valence-corrected chi connectivity index (χ3v) is 3.07. The van der Waals surface area contributed by atoms with E-state index in [1.165, 1.54) is 25.7 Å². The van der Waals surface area contributed by atoms with Gasteiger partial charge in [-0.05, 0) is 39.8 Å². The van der Waals surface area contributed by atoms with Gasteiger partial charge in [-0.2, -0.15) is 0 Å². The topological polar surface area (TPSA) is 24.1 Å². The van der Waals surface area contributed by atoms with Crippen molar-refractivity contribution in [2.24, 2.45) is 0 Å². The second kappa shape index (κ2) is 4.24. The molecule has 0 amide bonds. The highest BCUT2D eigenvalue weighted by Crippen LogP contribution is 2.27. The first-order valence-electron chi connectivity index (χ1n) is 5.12. The van der Waals surface area contributed by atoms with Crippen molar-refractivity contribution in [1.29, 1.82) is 0 Å². The molecule has 0 heterocycles. The average molecular weight is 170 g/mol. The Kier molecular flexibility index (Phi) is 3.53. The van der Waals surface area contributed by atoms with E-state index in [9.17, 15) is 0 Å². The van der Waals surface area contributed by atoms with E-state index >= 15 is 0 Å². The summed E-state index contributed by atoms with van der Waals surface area (Å²) in [5.74, 6) is 0. The summed E-state index contributed by atoms with van der Waals surface area (Å²) in [5.41, 5.74) is 0.380. The molecule has 2 atom stereocenters. The van der Waals surface area contributed by atoms with Crippen LogP contribution in [0.15, 0.2) is 0 Å². The van der Waals surface area contributed by atoms with Crippen molar-refractivity contribution in [2.45, 2.75) is 51.1 Å². The number of nitrogens with one attached hydrogen (secondary N) is 2. The van der Waals surface area contributed by atoms with E-state index in [-0.39, 0.29) is 0 Å². The number of hydrogen-bond acceptors (Lipinski definition) is 2. The molecule has 0 spiro atoms. The Morgan fingerprint density at radius 1 is 1.50 bits per heavy atom. The third kappa shape index (κ3) is 2.46. The number of hydrogen-bond donors (Lipinski definition) is 2. The maximum atomic E-state index is 3.53. The smallest absolute Gasteiger partial charge is 0.0165 e. The first kappa shape index (κ1) is 10.0. The summed E-state index contributed by atoms with van der Waals surface area (Å²) in [7, 11) is 2.08. The van der Waals surface area contributed by atoms with Gasteiger partial charge in [0.1, 0.15) is 0 Å². The maximum Gasteiger partial charge on any atom is 0.0165 e. The van der Waals surface area contributed by atoms with Crippen LogP contribution in [0, 0.1) is 0 Å². The SMILES string of the molecule is CCN[C@H]1CCC[C@](C)(NC)C1. The molecule has 1 aliphatic rings. The Morgan fingerprint density at radius 3 is 2.83 bits per heavy atom. The van der Waals surface area contributed by atoms with E-state index in [0.29, 0.717) is 5.54 Å². The van der Waals surface area contributed by atoms with E-state index in [0.717, 1.165) is 12.6 Å². The Bertz CT molecular complexity index is 134. The second-order valence-electron chi connectivity index (χ2n) is 4.16. The molecule has 2 nitrogen and oxygen atoms in total. The normalized spacial score (nSPS) is 36.8. The van der Waals surface area contributed by atoms with Crippen LogP contribution in [-0.2, 0) is 0 Å². The highest BCUT2D eigenvalue weighted by atomic mass is 15.0.